The molecule has 0 radical (unpaired) electrons. The lowest BCUT2D eigenvalue weighted by molar-refractivity contribution is -0.621. The number of piperidine rings is 1. The van der Waals surface area contributed by atoms with Crippen LogP contribution in [0.3, 0.4) is 0 Å². The molecule has 14 nitrogen and oxygen atoms in total. The molecule has 1 aliphatic rings. The molecule has 2 aromatic rings. The van der Waals surface area contributed by atoms with E-state index in [2.05, 4.69) is 10.6 Å². The van der Waals surface area contributed by atoms with Crippen LogP contribution in [-0.2, 0) is 46.2 Å². The molecule has 1 aliphatic heterocycles. The molecule has 0 spiro atoms. The molecular formula is C40H58ClN5O9. The molecule has 0 bridgehead atoms. The minimum atomic E-state index is -1.15. The van der Waals surface area contributed by atoms with E-state index in [9.17, 15) is 29.2 Å². The summed E-state index contributed by atoms with van der Waals surface area (Å²) in [6, 6.07) is 10.1. The number of amides is 4. The Balaban J connectivity index is 1.97. The van der Waals surface area contributed by atoms with E-state index in [0.29, 0.717) is 42.2 Å². The largest absolute Gasteiger partial charge is 0.618 e. The molecule has 1 fully saturated rings. The van der Waals surface area contributed by atoms with Crippen LogP contribution in [-0.4, -0.2) is 102 Å². The van der Waals surface area contributed by atoms with Crippen LogP contribution in [0.25, 0.3) is 0 Å². The highest BCUT2D eigenvalue weighted by atomic mass is 35.5. The van der Waals surface area contributed by atoms with Gasteiger partial charge in [0.2, 0.25) is 17.7 Å². The third-order valence-corrected chi connectivity index (χ3v) is 9.53. The quantitative estimate of drug-likeness (QED) is 0.161. The lowest BCUT2D eigenvalue weighted by Crippen LogP contribution is -2.65. The topological polar surface area (TPSA) is 171 Å². The Morgan fingerprint density at radius 2 is 1.64 bits per heavy atom. The molecule has 15 heteroatoms. The van der Waals surface area contributed by atoms with E-state index in [1.807, 2.05) is 12.1 Å². The molecular weight excluding hydrogens is 730 g/mol. The fourth-order valence-corrected chi connectivity index (χ4v) is 6.75. The number of carbonyl (C=O) groups excluding carboxylic acids is 5. The van der Waals surface area contributed by atoms with Gasteiger partial charge in [-0.1, -0.05) is 23.7 Å². The van der Waals surface area contributed by atoms with Gasteiger partial charge >= 0.3 is 12.1 Å². The van der Waals surface area contributed by atoms with Gasteiger partial charge in [-0.05, 0) is 91.5 Å². The number of benzene rings is 1. The third-order valence-electron chi connectivity index (χ3n) is 9.28. The van der Waals surface area contributed by atoms with E-state index in [-0.39, 0.29) is 31.9 Å². The number of carbonyl (C=O) groups is 5. The van der Waals surface area contributed by atoms with Gasteiger partial charge in [0.25, 0.3) is 0 Å². The lowest BCUT2D eigenvalue weighted by atomic mass is 9.80. The fraction of sp³-hybridized carbons (Fsp3) is 0.600. The number of rotatable bonds is 14. The normalized spacial score (nSPS) is 17.7. The summed E-state index contributed by atoms with van der Waals surface area (Å²) in [4.78, 5) is 71.0. The van der Waals surface area contributed by atoms with Crippen LogP contribution < -0.4 is 15.4 Å². The molecule has 0 aliphatic carbocycles. The summed E-state index contributed by atoms with van der Waals surface area (Å²) in [6.07, 6.45) is 0.303. The minimum absolute atomic E-state index is 0.00380. The standard InChI is InChI=1S/C40H58ClN5O9/c1-26-13-11-14-31(46(26)52)21-29(22-33(47)54-38(3,4)5)35(49)45-20-12-19-40(25-45,23-28-15-17-30(41)18-16-28)44(9)36(50)32(24-53-10)43-34(48)27(2)42-37(51)55-39(6,7)8/h11,13-18,27,29,32H,12,19-25H2,1-10H3,(H,42,51)(H,43,48). The van der Waals surface area contributed by atoms with Crippen LogP contribution in [0.2, 0.25) is 5.02 Å². The molecule has 1 saturated heterocycles. The summed E-state index contributed by atoms with van der Waals surface area (Å²) in [5, 5.41) is 18.8. The number of hydrogen-bond acceptors (Lipinski definition) is 9. The first kappa shape index (κ1) is 45.0. The molecule has 4 unspecified atom stereocenters. The number of likely N-dealkylation sites (N-methyl/N-ethyl adjacent to an activating group) is 1. The van der Waals surface area contributed by atoms with Crippen molar-refractivity contribution in [3.05, 3.63) is 69.6 Å². The number of aryl methyl sites for hydroxylation is 1. The molecule has 1 aromatic carbocycles. The van der Waals surface area contributed by atoms with Crippen LogP contribution >= 0.6 is 11.6 Å². The minimum Gasteiger partial charge on any atom is -0.618 e. The van der Waals surface area contributed by atoms with Gasteiger partial charge in [-0.25, -0.2) is 4.79 Å². The van der Waals surface area contributed by atoms with Crippen molar-refractivity contribution < 1.29 is 42.9 Å². The monoisotopic (exact) mass is 787 g/mol. The number of ether oxygens (including phenoxy) is 3. The second-order valence-corrected chi connectivity index (χ2v) is 16.8. The van der Waals surface area contributed by atoms with E-state index < -0.39 is 58.6 Å². The van der Waals surface area contributed by atoms with Gasteiger partial charge in [-0.3, -0.25) is 19.2 Å². The molecule has 0 saturated carbocycles. The highest BCUT2D eigenvalue weighted by Crippen LogP contribution is 2.33. The Bertz CT molecular complexity index is 1670. The Morgan fingerprint density at radius 3 is 2.24 bits per heavy atom. The Morgan fingerprint density at radius 1 is 1.00 bits per heavy atom. The van der Waals surface area contributed by atoms with Crippen LogP contribution in [0.15, 0.2) is 42.5 Å². The predicted molar refractivity (Wildman–Crippen MR) is 207 cm³/mol. The SMILES string of the molecule is COCC(NC(=O)C(C)NC(=O)OC(C)(C)C)C(=O)N(C)C1(Cc2ccc(Cl)cc2)CCCN(C(=O)C(CC(=O)OC(C)(C)C)Cc2cccc(C)[n+]2[O-])C1. The number of aromatic nitrogens is 1. The van der Waals surface area contributed by atoms with Crippen molar-refractivity contribution in [3.8, 4) is 0 Å². The van der Waals surface area contributed by atoms with Gasteiger partial charge in [0.05, 0.1) is 24.5 Å². The average molecular weight is 788 g/mol. The van der Waals surface area contributed by atoms with Gasteiger partial charge < -0.3 is 39.9 Å². The molecule has 55 heavy (non-hydrogen) atoms. The summed E-state index contributed by atoms with van der Waals surface area (Å²) in [7, 11) is 3.04. The zero-order valence-electron chi connectivity index (χ0n) is 33.8. The first-order valence-corrected chi connectivity index (χ1v) is 18.9. The van der Waals surface area contributed by atoms with Crippen molar-refractivity contribution in [1.29, 1.82) is 0 Å². The highest BCUT2D eigenvalue weighted by molar-refractivity contribution is 6.30. The van der Waals surface area contributed by atoms with Crippen molar-refractivity contribution in [3.63, 3.8) is 0 Å². The maximum absolute atomic E-state index is 14.6. The van der Waals surface area contributed by atoms with Crippen molar-refractivity contribution >= 4 is 41.4 Å². The second-order valence-electron chi connectivity index (χ2n) is 16.3. The maximum Gasteiger partial charge on any atom is 0.408 e. The molecule has 3 rings (SSSR count). The van der Waals surface area contributed by atoms with Crippen molar-refractivity contribution in [2.24, 2.45) is 5.92 Å². The number of methoxy groups -OCH3 is 1. The average Bonchev–Trinajstić information content (AvgIpc) is 3.08. The van der Waals surface area contributed by atoms with E-state index in [1.54, 1.807) is 95.6 Å². The van der Waals surface area contributed by atoms with Gasteiger partial charge in [-0.2, -0.15) is 4.73 Å². The Kier molecular flexibility index (Phi) is 15.5. The number of nitrogens with one attached hydrogen (secondary N) is 2. The lowest BCUT2D eigenvalue weighted by Gasteiger charge is -2.49. The maximum atomic E-state index is 14.6. The van der Waals surface area contributed by atoms with Crippen molar-refractivity contribution in [2.75, 3.05) is 33.9 Å². The smallest absolute Gasteiger partial charge is 0.408 e. The van der Waals surface area contributed by atoms with Crippen molar-refractivity contribution in [1.82, 2.24) is 20.4 Å². The summed E-state index contributed by atoms with van der Waals surface area (Å²) in [5.74, 6) is -2.94. The number of nitrogens with zero attached hydrogens (tertiary/aromatic N) is 3. The number of halogens is 1. The molecule has 4 amide bonds. The summed E-state index contributed by atoms with van der Waals surface area (Å²) >= 11 is 6.22. The fourth-order valence-electron chi connectivity index (χ4n) is 6.63. The van der Waals surface area contributed by atoms with E-state index in [0.717, 1.165) is 10.3 Å². The predicted octanol–water partition coefficient (Wildman–Crippen LogP) is 4.28. The molecule has 4 atom stereocenters. The van der Waals surface area contributed by atoms with E-state index in [4.69, 9.17) is 25.8 Å². The zero-order valence-corrected chi connectivity index (χ0v) is 34.6. The number of likely N-dealkylation sites (tertiary alicyclic amines) is 1. The summed E-state index contributed by atoms with van der Waals surface area (Å²) in [5.41, 5.74) is -0.890. The van der Waals surface area contributed by atoms with Gasteiger partial charge in [0.1, 0.15) is 23.3 Å². The van der Waals surface area contributed by atoms with Gasteiger partial charge in [0, 0.05) is 57.7 Å². The van der Waals surface area contributed by atoms with Crippen LogP contribution in [0, 0.1) is 18.0 Å². The van der Waals surface area contributed by atoms with E-state index in [1.165, 1.54) is 14.0 Å². The first-order valence-electron chi connectivity index (χ1n) is 18.5. The third kappa shape index (κ3) is 13.4. The molecule has 2 N–H and O–H groups in total. The van der Waals surface area contributed by atoms with Crippen molar-refractivity contribution in [2.45, 2.75) is 116 Å². The first-order chi connectivity index (χ1) is 25.5. The Hall–Kier alpha value is -4.43. The number of alkyl carbamates (subject to hydrolysis) is 1. The van der Waals surface area contributed by atoms with Crippen LogP contribution in [0.1, 0.15) is 84.7 Å². The second kappa shape index (κ2) is 18.9. The number of pyridine rings is 1. The number of hydrogen-bond donors (Lipinski definition) is 2. The van der Waals surface area contributed by atoms with Gasteiger partial charge in [-0.15, -0.1) is 0 Å². The number of esters is 1. The molecule has 2 heterocycles. The highest BCUT2D eigenvalue weighted by Gasteiger charge is 2.46. The summed E-state index contributed by atoms with van der Waals surface area (Å²) in [6.45, 7) is 13.8. The Labute approximate surface area is 329 Å². The van der Waals surface area contributed by atoms with Crippen LogP contribution in [0.4, 0.5) is 4.79 Å². The van der Waals surface area contributed by atoms with Crippen LogP contribution in [0.5, 0.6) is 0 Å². The summed E-state index contributed by atoms with van der Waals surface area (Å²) < 4.78 is 17.0. The van der Waals surface area contributed by atoms with E-state index >= 15 is 0 Å². The van der Waals surface area contributed by atoms with Gasteiger partial charge in [0.15, 0.2) is 11.4 Å². The zero-order chi connectivity index (χ0) is 41.3. The molecule has 304 valence electrons. The molecule has 1 aromatic heterocycles.